The maximum atomic E-state index is 10.1. The van der Waals surface area contributed by atoms with Crippen LogP contribution in [-0.2, 0) is 19.3 Å². The second kappa shape index (κ2) is 7.24. The Bertz CT molecular complexity index is 117. The van der Waals surface area contributed by atoms with Crippen LogP contribution in [-0.4, -0.2) is 25.8 Å². The topological polar surface area (TPSA) is 48.1 Å². The summed E-state index contributed by atoms with van der Waals surface area (Å²) in [7, 11) is 0. The first-order valence-electron chi connectivity index (χ1n) is 3.34. The highest BCUT2D eigenvalue weighted by Gasteiger charge is 1.94. The van der Waals surface area contributed by atoms with Crippen molar-refractivity contribution in [3.8, 4) is 0 Å². The molecule has 1 saturated heterocycles. The molecule has 0 bridgehead atoms. The molecule has 0 amide bonds. The third-order valence-electron chi connectivity index (χ3n) is 0.630. The summed E-state index contributed by atoms with van der Waals surface area (Å²) in [5, 5.41) is 0. The van der Waals surface area contributed by atoms with Gasteiger partial charge in [-0.15, -0.1) is 0 Å². The van der Waals surface area contributed by atoms with Gasteiger partial charge in [-0.25, -0.2) is 4.79 Å². The zero-order chi connectivity index (χ0) is 8.53. The molecule has 0 atom stereocenters. The van der Waals surface area contributed by atoms with E-state index < -0.39 is 5.97 Å². The van der Waals surface area contributed by atoms with E-state index >= 15 is 0 Å². The lowest BCUT2D eigenvalue weighted by Gasteiger charge is -1.93. The third-order valence-corrected chi connectivity index (χ3v) is 0.630. The van der Waals surface area contributed by atoms with Gasteiger partial charge in [0.25, 0.3) is 0 Å². The van der Waals surface area contributed by atoms with Gasteiger partial charge in [0.05, 0.1) is 19.8 Å². The van der Waals surface area contributed by atoms with Crippen molar-refractivity contribution in [2.75, 3.05) is 19.8 Å². The molecule has 4 nitrogen and oxygen atoms in total. The number of hydrogen-bond donors (Lipinski definition) is 0. The van der Waals surface area contributed by atoms with Gasteiger partial charge in [-0.1, -0.05) is 6.58 Å². The van der Waals surface area contributed by atoms with Gasteiger partial charge in [-0.05, 0) is 6.92 Å². The van der Waals surface area contributed by atoms with Gasteiger partial charge in [0, 0.05) is 6.08 Å². The van der Waals surface area contributed by atoms with Gasteiger partial charge in [-0.2, -0.15) is 4.89 Å². The molecule has 0 saturated carbocycles. The molecule has 64 valence electrons. The Morgan fingerprint density at radius 2 is 2.27 bits per heavy atom. The van der Waals surface area contributed by atoms with Crippen molar-refractivity contribution in [2.24, 2.45) is 0 Å². The van der Waals surface area contributed by atoms with Crippen LogP contribution in [0.2, 0.25) is 0 Å². The molecule has 11 heavy (non-hydrogen) atoms. The molecule has 0 aliphatic carbocycles. The average Bonchev–Trinajstić information content (AvgIpc) is 2.85. The van der Waals surface area contributed by atoms with E-state index in [1.165, 1.54) is 0 Å². The first-order valence-corrected chi connectivity index (χ1v) is 3.34. The molecule has 0 N–H and O–H groups in total. The summed E-state index contributed by atoms with van der Waals surface area (Å²) in [5.41, 5.74) is 0. The van der Waals surface area contributed by atoms with Crippen LogP contribution in [0.3, 0.4) is 0 Å². The maximum absolute atomic E-state index is 10.1. The molecule has 0 aromatic carbocycles. The largest absolute Gasteiger partial charge is 0.377 e. The Kier molecular flexibility index (Phi) is 6.67. The quantitative estimate of drug-likeness (QED) is 0.264. The second-order valence-corrected chi connectivity index (χ2v) is 1.63. The van der Waals surface area contributed by atoms with Crippen LogP contribution in [0.5, 0.6) is 0 Å². The van der Waals surface area contributed by atoms with E-state index in [1.807, 2.05) is 0 Å². The predicted octanol–water partition coefficient (Wildman–Crippen LogP) is 0.684. The summed E-state index contributed by atoms with van der Waals surface area (Å²) in [5.74, 6) is -0.563. The summed E-state index contributed by atoms with van der Waals surface area (Å²) in [6, 6.07) is 0. The minimum atomic E-state index is -0.563. The zero-order valence-electron chi connectivity index (χ0n) is 6.54. The highest BCUT2D eigenvalue weighted by molar-refractivity contribution is 5.80. The van der Waals surface area contributed by atoms with E-state index in [9.17, 15) is 4.79 Å². The number of hydrogen-bond acceptors (Lipinski definition) is 4. The van der Waals surface area contributed by atoms with Gasteiger partial charge in [0.1, 0.15) is 0 Å². The fraction of sp³-hybridized carbons (Fsp3) is 0.571. The van der Waals surface area contributed by atoms with Crippen molar-refractivity contribution >= 4 is 5.97 Å². The van der Waals surface area contributed by atoms with E-state index in [2.05, 4.69) is 21.1 Å². The van der Waals surface area contributed by atoms with Crippen molar-refractivity contribution in [3.63, 3.8) is 0 Å². The summed E-state index contributed by atoms with van der Waals surface area (Å²) in [4.78, 5) is 18.5. The minimum Gasteiger partial charge on any atom is -0.377 e. The summed E-state index contributed by atoms with van der Waals surface area (Å²) in [6.45, 7) is 7.24. The molecule has 4 heteroatoms. The van der Waals surface area contributed by atoms with E-state index in [0.717, 1.165) is 19.3 Å². The van der Waals surface area contributed by atoms with Crippen LogP contribution in [0.1, 0.15) is 6.92 Å². The zero-order valence-corrected chi connectivity index (χ0v) is 6.54. The maximum Gasteiger partial charge on any atom is 0.365 e. The van der Waals surface area contributed by atoms with Crippen LogP contribution in [0.15, 0.2) is 12.7 Å². The van der Waals surface area contributed by atoms with Gasteiger partial charge in [0.2, 0.25) is 0 Å². The summed E-state index contributed by atoms with van der Waals surface area (Å²) in [6.07, 6.45) is 1.04. The van der Waals surface area contributed by atoms with Crippen LogP contribution >= 0.6 is 0 Å². The first kappa shape index (κ1) is 10.1. The molecule has 1 rings (SSSR count). The third kappa shape index (κ3) is 12.4. The van der Waals surface area contributed by atoms with Gasteiger partial charge in [-0.3, -0.25) is 4.89 Å². The molecule has 1 aliphatic rings. The molecule has 0 radical (unpaired) electrons. The molecular weight excluding hydrogens is 148 g/mol. The predicted molar refractivity (Wildman–Crippen MR) is 38.7 cm³/mol. The number of epoxide rings is 1. The summed E-state index contributed by atoms with van der Waals surface area (Å²) >= 11 is 0. The Morgan fingerprint density at radius 3 is 2.55 bits per heavy atom. The Balaban J connectivity index is 0.000000271. The standard InChI is InChI=1S/C5H8O3.C2H4O/c1-3-5(6)8-7-4-2;1-2-3-1/h3H,1,4H2,2H3;1-2H2. The lowest BCUT2D eigenvalue weighted by Crippen LogP contribution is -2.00. The lowest BCUT2D eigenvalue weighted by atomic mass is 10.7. The average molecular weight is 160 g/mol. The minimum absolute atomic E-state index is 0.361. The second-order valence-electron chi connectivity index (χ2n) is 1.63. The fourth-order valence-corrected chi connectivity index (χ4v) is 0.151. The molecule has 1 aliphatic heterocycles. The normalized spacial score (nSPS) is 12.5. The molecule has 1 heterocycles. The van der Waals surface area contributed by atoms with Crippen molar-refractivity contribution in [1.82, 2.24) is 0 Å². The number of ether oxygens (including phenoxy) is 1. The van der Waals surface area contributed by atoms with E-state index in [0.29, 0.717) is 6.61 Å². The first-order chi connectivity index (χ1) is 5.31. The molecular formula is C7H12O4. The smallest absolute Gasteiger partial charge is 0.365 e. The van der Waals surface area contributed by atoms with Crippen molar-refractivity contribution in [1.29, 1.82) is 0 Å². The lowest BCUT2D eigenvalue weighted by molar-refractivity contribution is -0.264. The molecule has 0 aromatic rings. The van der Waals surface area contributed by atoms with Crippen molar-refractivity contribution in [3.05, 3.63) is 12.7 Å². The van der Waals surface area contributed by atoms with Crippen LogP contribution in [0.4, 0.5) is 0 Å². The molecule has 0 aromatic heterocycles. The van der Waals surface area contributed by atoms with E-state index in [-0.39, 0.29) is 0 Å². The number of rotatable bonds is 3. The monoisotopic (exact) mass is 160 g/mol. The molecule has 0 unspecified atom stereocenters. The van der Waals surface area contributed by atoms with Crippen LogP contribution < -0.4 is 0 Å². The highest BCUT2D eigenvalue weighted by atomic mass is 17.2. The van der Waals surface area contributed by atoms with Gasteiger partial charge in [0.15, 0.2) is 0 Å². The van der Waals surface area contributed by atoms with Gasteiger partial charge >= 0.3 is 5.97 Å². The van der Waals surface area contributed by atoms with Gasteiger partial charge < -0.3 is 4.74 Å². The number of carbonyl (C=O) groups excluding carboxylic acids is 1. The van der Waals surface area contributed by atoms with Crippen LogP contribution in [0.25, 0.3) is 0 Å². The van der Waals surface area contributed by atoms with E-state index in [1.54, 1.807) is 6.92 Å². The van der Waals surface area contributed by atoms with Crippen molar-refractivity contribution in [2.45, 2.75) is 6.92 Å². The Morgan fingerprint density at radius 1 is 1.73 bits per heavy atom. The van der Waals surface area contributed by atoms with Crippen LogP contribution in [0, 0.1) is 0 Å². The number of carbonyl (C=O) groups is 1. The Labute approximate surface area is 65.7 Å². The highest BCUT2D eigenvalue weighted by Crippen LogP contribution is 1.84. The summed E-state index contributed by atoms with van der Waals surface area (Å²) < 4.78 is 4.50. The fourth-order valence-electron chi connectivity index (χ4n) is 0.151. The molecule has 0 spiro atoms. The SMILES string of the molecule is C1CO1.C=CC(=O)OOCC. The van der Waals surface area contributed by atoms with E-state index in [4.69, 9.17) is 0 Å². The molecule has 1 fully saturated rings. The Hall–Kier alpha value is -0.870. The van der Waals surface area contributed by atoms with Crippen molar-refractivity contribution < 1.29 is 19.3 Å².